The van der Waals surface area contributed by atoms with Gasteiger partial charge in [0.2, 0.25) is 21.7 Å². The minimum absolute atomic E-state index is 0.0595. The SMILES string of the molecule is O=C1COc2ccc(Cl)cc2N1Cc1nc(-c2ccc(S(=O)(=O)N3CCCC3)cc2)no1. The molecule has 32 heavy (non-hydrogen) atoms. The van der Waals surface area contributed by atoms with E-state index in [1.165, 1.54) is 9.21 Å². The summed E-state index contributed by atoms with van der Waals surface area (Å²) in [5.41, 5.74) is 1.14. The first kappa shape index (κ1) is 20.9. The minimum Gasteiger partial charge on any atom is -0.482 e. The molecular weight excluding hydrogens is 456 g/mol. The highest BCUT2D eigenvalue weighted by Crippen LogP contribution is 2.35. The van der Waals surface area contributed by atoms with Gasteiger partial charge < -0.3 is 9.26 Å². The Morgan fingerprint density at radius 2 is 1.81 bits per heavy atom. The largest absolute Gasteiger partial charge is 0.482 e. The zero-order valence-corrected chi connectivity index (χ0v) is 18.5. The van der Waals surface area contributed by atoms with E-state index in [2.05, 4.69) is 10.1 Å². The van der Waals surface area contributed by atoms with Crippen LogP contribution in [-0.2, 0) is 21.4 Å². The predicted molar refractivity (Wildman–Crippen MR) is 116 cm³/mol. The lowest BCUT2D eigenvalue weighted by Gasteiger charge is -2.28. The third-order valence-corrected chi connectivity index (χ3v) is 7.59. The predicted octanol–water partition coefficient (Wildman–Crippen LogP) is 3.10. The number of hydrogen-bond acceptors (Lipinski definition) is 7. The smallest absolute Gasteiger partial charge is 0.265 e. The van der Waals surface area contributed by atoms with E-state index in [1.54, 1.807) is 42.5 Å². The summed E-state index contributed by atoms with van der Waals surface area (Å²) in [6, 6.07) is 11.4. The van der Waals surface area contributed by atoms with E-state index in [9.17, 15) is 13.2 Å². The summed E-state index contributed by atoms with van der Waals surface area (Å²) in [5, 5.41) is 4.45. The first-order valence-electron chi connectivity index (χ1n) is 10.1. The molecule has 0 aliphatic carbocycles. The first-order chi connectivity index (χ1) is 15.4. The highest BCUT2D eigenvalue weighted by Gasteiger charge is 2.29. The van der Waals surface area contributed by atoms with Gasteiger partial charge >= 0.3 is 0 Å². The van der Waals surface area contributed by atoms with E-state index in [4.69, 9.17) is 20.9 Å². The molecule has 2 aromatic carbocycles. The van der Waals surface area contributed by atoms with Gasteiger partial charge in [-0.3, -0.25) is 9.69 Å². The number of nitrogens with zero attached hydrogens (tertiary/aromatic N) is 4. The summed E-state index contributed by atoms with van der Waals surface area (Å²) in [6.07, 6.45) is 1.76. The van der Waals surface area contributed by atoms with Crippen LogP contribution in [0.1, 0.15) is 18.7 Å². The number of ether oxygens (including phenoxy) is 1. The summed E-state index contributed by atoms with van der Waals surface area (Å²) < 4.78 is 37.6. The Kier molecular flexibility index (Phi) is 5.36. The van der Waals surface area contributed by atoms with Gasteiger partial charge in [-0.1, -0.05) is 16.8 Å². The van der Waals surface area contributed by atoms with Crippen LogP contribution in [0.2, 0.25) is 5.02 Å². The fraction of sp³-hybridized carbons (Fsp3) is 0.286. The molecule has 5 rings (SSSR count). The molecule has 3 aromatic rings. The maximum absolute atomic E-state index is 12.7. The van der Waals surface area contributed by atoms with Crippen molar-refractivity contribution >= 4 is 33.2 Å². The van der Waals surface area contributed by atoms with Crippen LogP contribution in [0.25, 0.3) is 11.4 Å². The summed E-state index contributed by atoms with van der Waals surface area (Å²) in [4.78, 5) is 18.5. The molecule has 9 nitrogen and oxygen atoms in total. The van der Waals surface area contributed by atoms with Gasteiger partial charge in [0.1, 0.15) is 12.3 Å². The second kappa shape index (κ2) is 8.19. The Balaban J connectivity index is 1.36. The highest BCUT2D eigenvalue weighted by molar-refractivity contribution is 7.89. The molecular formula is C21H19ClN4O5S. The molecule has 166 valence electrons. The molecule has 0 atom stereocenters. The minimum atomic E-state index is -3.49. The van der Waals surface area contributed by atoms with Crippen LogP contribution in [0.3, 0.4) is 0 Å². The van der Waals surface area contributed by atoms with E-state index in [0.717, 1.165) is 12.8 Å². The molecule has 0 saturated carbocycles. The molecule has 0 spiro atoms. The maximum Gasteiger partial charge on any atom is 0.265 e. The number of sulfonamides is 1. The summed E-state index contributed by atoms with van der Waals surface area (Å²) >= 11 is 6.07. The molecule has 1 aromatic heterocycles. The lowest BCUT2D eigenvalue weighted by molar-refractivity contribution is -0.121. The fourth-order valence-electron chi connectivity index (χ4n) is 3.77. The van der Waals surface area contributed by atoms with E-state index in [1.807, 2.05) is 0 Å². The van der Waals surface area contributed by atoms with Crippen LogP contribution in [0.4, 0.5) is 5.69 Å². The van der Waals surface area contributed by atoms with Crippen molar-refractivity contribution in [1.29, 1.82) is 0 Å². The molecule has 0 bridgehead atoms. The zero-order valence-electron chi connectivity index (χ0n) is 16.9. The lowest BCUT2D eigenvalue weighted by Crippen LogP contribution is -2.38. The van der Waals surface area contributed by atoms with E-state index in [-0.39, 0.29) is 29.8 Å². The van der Waals surface area contributed by atoms with Crippen LogP contribution in [0.15, 0.2) is 51.9 Å². The first-order valence-corrected chi connectivity index (χ1v) is 11.9. The Labute approximate surface area is 189 Å². The molecule has 2 aliphatic rings. The number of amides is 1. The third-order valence-electron chi connectivity index (χ3n) is 5.44. The fourth-order valence-corrected chi connectivity index (χ4v) is 5.46. The van der Waals surface area contributed by atoms with Gasteiger partial charge in [-0.2, -0.15) is 9.29 Å². The molecule has 3 heterocycles. The van der Waals surface area contributed by atoms with E-state index >= 15 is 0 Å². The molecule has 0 unspecified atom stereocenters. The molecule has 0 N–H and O–H groups in total. The average molecular weight is 475 g/mol. The zero-order chi connectivity index (χ0) is 22.3. The van der Waals surface area contributed by atoms with Crippen molar-refractivity contribution in [3.8, 4) is 17.1 Å². The standard InChI is InChI=1S/C21H19ClN4O5S/c22-15-5-8-18-17(11-15)26(20(27)13-30-18)12-19-23-21(24-31-19)14-3-6-16(7-4-14)32(28,29)25-9-1-2-10-25/h3-8,11H,1-2,9-10,12-13H2. The number of hydrogen-bond donors (Lipinski definition) is 0. The Bertz CT molecular complexity index is 1270. The van der Waals surface area contributed by atoms with E-state index < -0.39 is 10.0 Å². The quantitative estimate of drug-likeness (QED) is 0.559. The maximum atomic E-state index is 12.7. The van der Waals surface area contributed by atoms with Gasteiger partial charge in [0.25, 0.3) is 5.91 Å². The monoisotopic (exact) mass is 474 g/mol. The summed E-state index contributed by atoms with van der Waals surface area (Å²) in [5.74, 6) is 0.826. The lowest BCUT2D eigenvalue weighted by atomic mass is 10.2. The molecule has 11 heteroatoms. The number of benzene rings is 2. The number of rotatable bonds is 5. The Morgan fingerprint density at radius 3 is 2.56 bits per heavy atom. The van der Waals surface area contributed by atoms with Crippen LogP contribution in [-0.4, -0.2) is 48.5 Å². The van der Waals surface area contributed by atoms with Gasteiger partial charge in [-0.05, 0) is 55.3 Å². The third kappa shape index (κ3) is 3.85. The second-order valence-corrected chi connectivity index (χ2v) is 9.90. The van der Waals surface area contributed by atoms with Crippen LogP contribution < -0.4 is 9.64 Å². The van der Waals surface area contributed by atoms with Crippen molar-refractivity contribution in [1.82, 2.24) is 14.4 Å². The molecule has 1 saturated heterocycles. The number of carbonyl (C=O) groups is 1. The van der Waals surface area contributed by atoms with Gasteiger partial charge in [0.15, 0.2) is 6.61 Å². The molecule has 1 amide bonds. The van der Waals surface area contributed by atoms with Crippen molar-refractivity contribution in [2.45, 2.75) is 24.3 Å². The van der Waals surface area contributed by atoms with Crippen LogP contribution in [0, 0.1) is 0 Å². The number of halogens is 1. The van der Waals surface area contributed by atoms with Crippen molar-refractivity contribution in [3.05, 3.63) is 53.4 Å². The van der Waals surface area contributed by atoms with Crippen molar-refractivity contribution in [3.63, 3.8) is 0 Å². The highest BCUT2D eigenvalue weighted by atomic mass is 35.5. The topological polar surface area (TPSA) is 106 Å². The van der Waals surface area contributed by atoms with Gasteiger partial charge in [-0.15, -0.1) is 0 Å². The summed E-state index contributed by atoms with van der Waals surface area (Å²) in [7, 11) is -3.49. The Morgan fingerprint density at radius 1 is 1.06 bits per heavy atom. The van der Waals surface area contributed by atoms with Crippen molar-refractivity contribution in [2.75, 3.05) is 24.6 Å². The van der Waals surface area contributed by atoms with Crippen LogP contribution in [0.5, 0.6) is 5.75 Å². The molecule has 0 radical (unpaired) electrons. The van der Waals surface area contributed by atoms with Crippen molar-refractivity contribution < 1.29 is 22.5 Å². The van der Waals surface area contributed by atoms with Gasteiger partial charge in [0.05, 0.1) is 10.6 Å². The number of anilines is 1. The second-order valence-electron chi connectivity index (χ2n) is 7.53. The Hall–Kier alpha value is -2.95. The number of fused-ring (bicyclic) bond motifs is 1. The number of carbonyl (C=O) groups excluding carboxylic acids is 1. The average Bonchev–Trinajstić information content (AvgIpc) is 3.49. The molecule has 2 aliphatic heterocycles. The van der Waals surface area contributed by atoms with E-state index in [0.29, 0.717) is 40.9 Å². The summed E-state index contributed by atoms with van der Waals surface area (Å²) in [6.45, 7) is 1.06. The van der Waals surface area contributed by atoms with Gasteiger partial charge in [0, 0.05) is 23.7 Å². The molecule has 1 fully saturated rings. The van der Waals surface area contributed by atoms with Crippen LogP contribution >= 0.6 is 11.6 Å². The van der Waals surface area contributed by atoms with Crippen molar-refractivity contribution in [2.24, 2.45) is 0 Å². The van der Waals surface area contributed by atoms with Gasteiger partial charge in [-0.25, -0.2) is 8.42 Å². The number of aromatic nitrogens is 2. The normalized spacial score (nSPS) is 16.8.